The average molecular weight is 177 g/mol. The van der Waals surface area contributed by atoms with Gasteiger partial charge in [-0.05, 0) is 16.5 Å². The largest absolute Gasteiger partial charge is 0.273 e. The summed E-state index contributed by atoms with van der Waals surface area (Å²) in [6.07, 6.45) is 1.82. The van der Waals surface area contributed by atoms with E-state index in [1.54, 1.807) is 4.52 Å². The van der Waals surface area contributed by atoms with Gasteiger partial charge in [-0.15, -0.1) is 0 Å². The molecule has 68 valence electrons. The zero-order chi connectivity index (χ0) is 9.47. The predicted molar refractivity (Wildman–Crippen MR) is 47.3 cm³/mol. The van der Waals surface area contributed by atoms with E-state index in [2.05, 4.69) is 41.3 Å². The molecule has 5 heteroatoms. The molecule has 0 N–H and O–H groups in total. The van der Waals surface area contributed by atoms with Crippen molar-refractivity contribution in [2.45, 2.75) is 26.2 Å². The van der Waals surface area contributed by atoms with Gasteiger partial charge in [0.1, 0.15) is 0 Å². The minimum absolute atomic E-state index is 0.0354. The molecule has 13 heavy (non-hydrogen) atoms. The molecule has 2 aromatic heterocycles. The van der Waals surface area contributed by atoms with Gasteiger partial charge < -0.3 is 0 Å². The monoisotopic (exact) mass is 177 g/mol. The fourth-order valence-corrected chi connectivity index (χ4v) is 1.06. The number of hydrogen-bond acceptors (Lipinski definition) is 4. The van der Waals surface area contributed by atoms with E-state index < -0.39 is 0 Å². The smallest absolute Gasteiger partial charge is 0.214 e. The van der Waals surface area contributed by atoms with Gasteiger partial charge in [-0.3, -0.25) is 0 Å². The molecule has 0 saturated heterocycles. The van der Waals surface area contributed by atoms with E-state index in [1.807, 2.05) is 12.3 Å². The molecule has 0 aromatic carbocycles. The summed E-state index contributed by atoms with van der Waals surface area (Å²) >= 11 is 0. The number of rotatable bonds is 0. The van der Waals surface area contributed by atoms with Crippen LogP contribution in [-0.2, 0) is 5.41 Å². The van der Waals surface area contributed by atoms with E-state index in [0.717, 1.165) is 5.69 Å². The number of aromatic nitrogens is 5. The van der Waals surface area contributed by atoms with Crippen LogP contribution in [0, 0.1) is 0 Å². The third-order valence-electron chi connectivity index (χ3n) is 1.84. The van der Waals surface area contributed by atoms with Crippen LogP contribution in [0.15, 0.2) is 12.3 Å². The van der Waals surface area contributed by atoms with Crippen molar-refractivity contribution in [3.63, 3.8) is 0 Å². The Morgan fingerprint density at radius 3 is 2.77 bits per heavy atom. The number of tetrazole rings is 1. The average Bonchev–Trinajstić information content (AvgIpc) is 2.47. The van der Waals surface area contributed by atoms with Gasteiger partial charge in [-0.1, -0.05) is 25.9 Å². The molecule has 0 aliphatic rings. The fourth-order valence-electron chi connectivity index (χ4n) is 1.06. The summed E-state index contributed by atoms with van der Waals surface area (Å²) in [6.45, 7) is 6.32. The highest BCUT2D eigenvalue weighted by Gasteiger charge is 2.16. The van der Waals surface area contributed by atoms with Crippen molar-refractivity contribution in [1.82, 2.24) is 25.0 Å². The normalized spacial score (nSPS) is 12.2. The van der Waals surface area contributed by atoms with Gasteiger partial charge in [0.2, 0.25) is 0 Å². The van der Waals surface area contributed by atoms with E-state index in [1.165, 1.54) is 0 Å². The second-order valence-corrected chi connectivity index (χ2v) is 3.99. The van der Waals surface area contributed by atoms with Crippen molar-refractivity contribution in [2.75, 3.05) is 0 Å². The second kappa shape index (κ2) is 2.48. The van der Waals surface area contributed by atoms with Crippen LogP contribution in [0.5, 0.6) is 0 Å². The Kier molecular flexibility index (Phi) is 1.55. The molecule has 2 rings (SSSR count). The maximum Gasteiger partial charge on any atom is 0.273 e. The summed E-state index contributed by atoms with van der Waals surface area (Å²) in [5.74, 6) is 0.549. The lowest BCUT2D eigenvalue weighted by Gasteiger charge is -2.16. The third kappa shape index (κ3) is 1.37. The molecule has 0 atom stereocenters. The molecule has 0 radical (unpaired) electrons. The minimum atomic E-state index is 0.0354. The van der Waals surface area contributed by atoms with Gasteiger partial charge in [0.15, 0.2) is 0 Å². The van der Waals surface area contributed by atoms with Gasteiger partial charge in [-0.2, -0.15) is 4.52 Å². The molecule has 0 amide bonds. The Bertz CT molecular complexity index is 425. The zero-order valence-electron chi connectivity index (χ0n) is 7.89. The molecule has 0 bridgehead atoms. The van der Waals surface area contributed by atoms with E-state index in [9.17, 15) is 0 Å². The Hall–Kier alpha value is -1.52. The molecular formula is C8H11N5. The van der Waals surface area contributed by atoms with Crippen molar-refractivity contribution in [3.05, 3.63) is 18.0 Å². The fraction of sp³-hybridized carbons (Fsp3) is 0.500. The summed E-state index contributed by atoms with van der Waals surface area (Å²) in [7, 11) is 0. The summed E-state index contributed by atoms with van der Waals surface area (Å²) in [4.78, 5) is 4.33. The first-order valence-corrected chi connectivity index (χ1v) is 4.12. The lowest BCUT2D eigenvalue weighted by atomic mass is 9.92. The summed E-state index contributed by atoms with van der Waals surface area (Å²) in [5, 5.41) is 11.0. The number of hydrogen-bond donors (Lipinski definition) is 0. The molecule has 0 aliphatic heterocycles. The lowest BCUT2D eigenvalue weighted by molar-refractivity contribution is 0.567. The first-order chi connectivity index (χ1) is 6.07. The minimum Gasteiger partial charge on any atom is -0.214 e. The molecule has 5 nitrogen and oxygen atoms in total. The molecule has 2 heterocycles. The molecular weight excluding hydrogens is 166 g/mol. The molecule has 0 unspecified atom stereocenters. The van der Waals surface area contributed by atoms with E-state index in [-0.39, 0.29) is 5.41 Å². The van der Waals surface area contributed by atoms with E-state index in [4.69, 9.17) is 0 Å². The highest BCUT2D eigenvalue weighted by Crippen LogP contribution is 2.19. The maximum atomic E-state index is 4.33. The van der Waals surface area contributed by atoms with Gasteiger partial charge in [-0.25, -0.2) is 4.98 Å². The second-order valence-electron chi connectivity index (χ2n) is 3.99. The van der Waals surface area contributed by atoms with Gasteiger partial charge in [0, 0.05) is 11.6 Å². The molecule has 0 fully saturated rings. The molecule has 0 spiro atoms. The van der Waals surface area contributed by atoms with Crippen LogP contribution >= 0.6 is 0 Å². The Morgan fingerprint density at radius 1 is 1.31 bits per heavy atom. The SMILES string of the molecule is CC(C)(C)c1ccn2nnnc2n1. The quantitative estimate of drug-likeness (QED) is 0.597. The molecule has 2 aromatic rings. The molecule has 0 aliphatic carbocycles. The first-order valence-electron chi connectivity index (χ1n) is 4.12. The van der Waals surface area contributed by atoms with Crippen molar-refractivity contribution in [3.8, 4) is 0 Å². The van der Waals surface area contributed by atoms with Crippen LogP contribution in [0.4, 0.5) is 0 Å². The van der Waals surface area contributed by atoms with Crippen molar-refractivity contribution >= 4 is 5.78 Å². The first kappa shape index (κ1) is 8.10. The number of fused-ring (bicyclic) bond motifs is 1. The van der Waals surface area contributed by atoms with Crippen LogP contribution in [-0.4, -0.2) is 25.0 Å². The van der Waals surface area contributed by atoms with Crippen LogP contribution < -0.4 is 0 Å². The highest BCUT2D eigenvalue weighted by atomic mass is 15.5. The summed E-state index contributed by atoms with van der Waals surface area (Å²) in [6, 6.07) is 1.93. The van der Waals surface area contributed by atoms with Crippen molar-refractivity contribution in [2.24, 2.45) is 0 Å². The predicted octanol–water partition coefficient (Wildman–Crippen LogP) is 0.817. The lowest BCUT2D eigenvalue weighted by Crippen LogP contribution is -2.14. The van der Waals surface area contributed by atoms with Crippen LogP contribution in [0.3, 0.4) is 0 Å². The Labute approximate surface area is 75.8 Å². The molecule has 0 saturated carbocycles. The topological polar surface area (TPSA) is 56.0 Å². The van der Waals surface area contributed by atoms with Gasteiger partial charge in [0.25, 0.3) is 5.78 Å². The van der Waals surface area contributed by atoms with Crippen LogP contribution in [0.25, 0.3) is 5.78 Å². The van der Waals surface area contributed by atoms with Crippen LogP contribution in [0.2, 0.25) is 0 Å². The Balaban J connectivity index is 2.61. The highest BCUT2D eigenvalue weighted by molar-refractivity contribution is 5.27. The third-order valence-corrected chi connectivity index (χ3v) is 1.84. The van der Waals surface area contributed by atoms with E-state index in [0.29, 0.717) is 5.78 Å². The van der Waals surface area contributed by atoms with Crippen LogP contribution in [0.1, 0.15) is 26.5 Å². The van der Waals surface area contributed by atoms with Gasteiger partial charge in [0.05, 0.1) is 5.69 Å². The zero-order valence-corrected chi connectivity index (χ0v) is 7.89. The van der Waals surface area contributed by atoms with Crippen molar-refractivity contribution < 1.29 is 0 Å². The van der Waals surface area contributed by atoms with Gasteiger partial charge >= 0.3 is 0 Å². The van der Waals surface area contributed by atoms with Crippen molar-refractivity contribution in [1.29, 1.82) is 0 Å². The van der Waals surface area contributed by atoms with E-state index >= 15 is 0 Å². The standard InChI is InChI=1S/C8H11N5/c1-8(2,3)6-4-5-13-7(9-6)10-11-12-13/h4-5H,1-3H3. The number of nitrogens with zero attached hydrogens (tertiary/aromatic N) is 5. The summed E-state index contributed by atoms with van der Waals surface area (Å²) in [5.41, 5.74) is 1.03. The maximum absolute atomic E-state index is 4.33. The Morgan fingerprint density at radius 2 is 2.08 bits per heavy atom. The summed E-state index contributed by atoms with van der Waals surface area (Å²) < 4.78 is 1.55.